The first-order valence-corrected chi connectivity index (χ1v) is 9.32. The van der Waals surface area contributed by atoms with Crippen molar-refractivity contribution in [3.63, 3.8) is 0 Å². The van der Waals surface area contributed by atoms with Crippen molar-refractivity contribution in [3.05, 3.63) is 34.6 Å². The third-order valence-corrected chi connectivity index (χ3v) is 4.44. The van der Waals surface area contributed by atoms with Gasteiger partial charge in [-0.25, -0.2) is 4.79 Å². The molecule has 0 saturated carbocycles. The molecule has 1 atom stereocenters. The Hall–Kier alpha value is -2.48. The van der Waals surface area contributed by atoms with Gasteiger partial charge >= 0.3 is 5.97 Å². The van der Waals surface area contributed by atoms with E-state index in [1.807, 2.05) is 45.0 Å². The molecule has 146 valence electrons. The van der Waals surface area contributed by atoms with Gasteiger partial charge in [0.15, 0.2) is 10.6 Å². The molecule has 0 bridgehead atoms. The van der Waals surface area contributed by atoms with Crippen molar-refractivity contribution in [1.82, 2.24) is 20.1 Å². The quantitative estimate of drug-likeness (QED) is 0.534. The third kappa shape index (κ3) is 5.75. The van der Waals surface area contributed by atoms with E-state index in [4.69, 9.17) is 17.0 Å². The number of H-pyrrole nitrogens is 1. The maximum atomic E-state index is 12.4. The third-order valence-electron chi connectivity index (χ3n) is 4.13. The largest absolute Gasteiger partial charge is 0.467 e. The lowest BCUT2D eigenvalue weighted by atomic mass is 10.0. The smallest absolute Gasteiger partial charge is 0.328 e. The van der Waals surface area contributed by atoms with Crippen LogP contribution in [-0.4, -0.2) is 39.8 Å². The van der Waals surface area contributed by atoms with Crippen LogP contribution in [0.1, 0.15) is 32.3 Å². The summed E-state index contributed by atoms with van der Waals surface area (Å²) in [5.74, 6) is 0.273. The van der Waals surface area contributed by atoms with Gasteiger partial charge in [-0.2, -0.15) is 5.10 Å². The Morgan fingerprint density at radius 2 is 2.11 bits per heavy atom. The molecule has 0 spiro atoms. The molecule has 27 heavy (non-hydrogen) atoms. The number of nitrogens with zero attached hydrogens (tertiary/aromatic N) is 2. The van der Waals surface area contributed by atoms with Crippen LogP contribution in [0.4, 0.5) is 0 Å². The minimum absolute atomic E-state index is 0.179. The first-order chi connectivity index (χ1) is 12.8. The minimum Gasteiger partial charge on any atom is -0.467 e. The maximum Gasteiger partial charge on any atom is 0.328 e. The average molecular weight is 391 g/mol. The number of ether oxygens (including phenoxy) is 1. The maximum absolute atomic E-state index is 12.4. The first kappa shape index (κ1) is 20.8. The zero-order valence-corrected chi connectivity index (χ0v) is 16.9. The van der Waals surface area contributed by atoms with Crippen LogP contribution in [0.3, 0.4) is 0 Å². The van der Waals surface area contributed by atoms with Crippen LogP contribution in [0.25, 0.3) is 11.4 Å². The summed E-state index contributed by atoms with van der Waals surface area (Å²) in [5.41, 5.74) is 2.04. The Morgan fingerprint density at radius 3 is 2.74 bits per heavy atom. The number of carbonyl (C=O) groups excluding carboxylic acids is 2. The number of hydrogen-bond acceptors (Lipinski definition) is 5. The molecule has 8 heteroatoms. The van der Waals surface area contributed by atoms with E-state index in [0.29, 0.717) is 23.6 Å². The Morgan fingerprint density at radius 1 is 1.37 bits per heavy atom. The highest BCUT2D eigenvalue weighted by molar-refractivity contribution is 7.71. The molecule has 1 heterocycles. The molecule has 0 saturated heterocycles. The van der Waals surface area contributed by atoms with Crippen molar-refractivity contribution in [2.24, 2.45) is 5.92 Å². The van der Waals surface area contributed by atoms with E-state index in [1.165, 1.54) is 7.11 Å². The highest BCUT2D eigenvalue weighted by Gasteiger charge is 2.22. The summed E-state index contributed by atoms with van der Waals surface area (Å²) >= 11 is 5.30. The minimum atomic E-state index is -0.643. The van der Waals surface area contributed by atoms with E-state index >= 15 is 0 Å². The van der Waals surface area contributed by atoms with Crippen molar-refractivity contribution in [1.29, 1.82) is 0 Å². The van der Waals surface area contributed by atoms with Gasteiger partial charge in [-0.3, -0.25) is 14.5 Å². The van der Waals surface area contributed by atoms with E-state index < -0.39 is 12.0 Å². The lowest BCUT2D eigenvalue weighted by Gasteiger charge is -2.18. The van der Waals surface area contributed by atoms with Gasteiger partial charge in [-0.15, -0.1) is 0 Å². The average Bonchev–Trinajstić information content (AvgIpc) is 2.99. The molecule has 0 fully saturated rings. The second kappa shape index (κ2) is 9.45. The van der Waals surface area contributed by atoms with Crippen molar-refractivity contribution < 1.29 is 14.3 Å². The second-order valence-corrected chi connectivity index (χ2v) is 7.28. The number of esters is 1. The topological polar surface area (TPSA) is 89.0 Å². The van der Waals surface area contributed by atoms with Crippen LogP contribution < -0.4 is 5.32 Å². The fraction of sp³-hybridized carbons (Fsp3) is 0.474. The molecule has 1 unspecified atom stereocenters. The van der Waals surface area contributed by atoms with Gasteiger partial charge in [-0.1, -0.05) is 37.6 Å². The Kier molecular flexibility index (Phi) is 7.29. The fourth-order valence-corrected chi connectivity index (χ4v) is 3.06. The number of rotatable bonds is 8. The number of aromatic amines is 1. The first-order valence-electron chi connectivity index (χ1n) is 8.91. The van der Waals surface area contributed by atoms with Crippen LogP contribution in [0.5, 0.6) is 0 Å². The van der Waals surface area contributed by atoms with Gasteiger partial charge in [0.25, 0.3) is 0 Å². The molecule has 1 aromatic carbocycles. The molecule has 0 aliphatic rings. The summed E-state index contributed by atoms with van der Waals surface area (Å²) < 4.78 is 7.02. The molecule has 7 nitrogen and oxygen atoms in total. The van der Waals surface area contributed by atoms with E-state index in [9.17, 15) is 9.59 Å². The van der Waals surface area contributed by atoms with Crippen molar-refractivity contribution >= 4 is 24.1 Å². The Balaban J connectivity index is 2.08. The van der Waals surface area contributed by atoms with Crippen LogP contribution in [0.2, 0.25) is 0 Å². The van der Waals surface area contributed by atoms with Gasteiger partial charge in [0.1, 0.15) is 6.04 Å². The van der Waals surface area contributed by atoms with Gasteiger partial charge in [0, 0.05) is 18.5 Å². The van der Waals surface area contributed by atoms with Crippen LogP contribution in [0, 0.1) is 17.6 Å². The normalized spacial score (nSPS) is 12.0. The predicted octanol–water partition coefficient (Wildman–Crippen LogP) is 3.01. The molecular formula is C19H26N4O3S. The summed E-state index contributed by atoms with van der Waals surface area (Å²) in [4.78, 5) is 24.2. The van der Waals surface area contributed by atoms with Crippen LogP contribution >= 0.6 is 12.2 Å². The number of methoxy groups -OCH3 is 1. The summed E-state index contributed by atoms with van der Waals surface area (Å²) in [6, 6.07) is 7.27. The van der Waals surface area contributed by atoms with Crippen molar-refractivity contribution in [2.45, 2.75) is 46.2 Å². The number of carbonyl (C=O) groups is 2. The molecular weight excluding hydrogens is 364 g/mol. The summed E-state index contributed by atoms with van der Waals surface area (Å²) in [5, 5.41) is 9.83. The SMILES string of the molecule is COC(=O)C(CC(C)C)NC(=O)CCn1c(-c2cccc(C)c2)n[nH]c1=S. The lowest BCUT2D eigenvalue weighted by Crippen LogP contribution is -2.42. The molecule has 2 aromatic rings. The molecule has 2 rings (SSSR count). The fourth-order valence-electron chi connectivity index (χ4n) is 2.84. The van der Waals surface area contributed by atoms with Gasteiger partial charge < -0.3 is 10.1 Å². The standard InChI is InChI=1S/C19H26N4O3S/c1-12(2)10-15(18(25)26-4)20-16(24)8-9-23-17(21-22-19(23)27)14-7-5-6-13(3)11-14/h5-7,11-12,15H,8-10H2,1-4H3,(H,20,24)(H,22,27). The van der Waals surface area contributed by atoms with Crippen molar-refractivity contribution in [2.75, 3.05) is 7.11 Å². The molecule has 0 radical (unpaired) electrons. The molecule has 2 N–H and O–H groups in total. The van der Waals surface area contributed by atoms with Gasteiger partial charge in [-0.05, 0) is 37.5 Å². The number of nitrogens with one attached hydrogen (secondary N) is 2. The second-order valence-electron chi connectivity index (χ2n) is 6.90. The number of hydrogen-bond donors (Lipinski definition) is 2. The molecule has 0 aliphatic carbocycles. The Bertz CT molecular complexity index is 857. The van der Waals surface area contributed by atoms with Gasteiger partial charge in [0.2, 0.25) is 5.91 Å². The summed E-state index contributed by atoms with van der Waals surface area (Å²) in [6.07, 6.45) is 0.705. The predicted molar refractivity (Wildman–Crippen MR) is 106 cm³/mol. The monoisotopic (exact) mass is 390 g/mol. The summed E-state index contributed by atoms with van der Waals surface area (Å²) in [7, 11) is 1.32. The number of amides is 1. The van der Waals surface area contributed by atoms with E-state index in [1.54, 1.807) is 4.57 Å². The highest BCUT2D eigenvalue weighted by Crippen LogP contribution is 2.19. The van der Waals surface area contributed by atoms with Crippen LogP contribution in [0.15, 0.2) is 24.3 Å². The van der Waals surface area contributed by atoms with Crippen LogP contribution in [-0.2, 0) is 20.9 Å². The van der Waals surface area contributed by atoms with Crippen molar-refractivity contribution in [3.8, 4) is 11.4 Å². The van der Waals surface area contributed by atoms with E-state index in [-0.39, 0.29) is 18.2 Å². The zero-order valence-electron chi connectivity index (χ0n) is 16.1. The molecule has 0 aliphatic heterocycles. The molecule has 1 aromatic heterocycles. The van der Waals surface area contributed by atoms with Gasteiger partial charge in [0.05, 0.1) is 7.11 Å². The van der Waals surface area contributed by atoms with E-state index in [2.05, 4.69) is 15.5 Å². The highest BCUT2D eigenvalue weighted by atomic mass is 32.1. The summed E-state index contributed by atoms with van der Waals surface area (Å²) in [6.45, 7) is 6.34. The number of aryl methyl sites for hydroxylation is 1. The molecule has 1 amide bonds. The Labute approximate surface area is 164 Å². The number of aromatic nitrogens is 3. The zero-order chi connectivity index (χ0) is 20.0. The number of benzene rings is 1. The lowest BCUT2D eigenvalue weighted by molar-refractivity contribution is -0.145. The van der Waals surface area contributed by atoms with E-state index in [0.717, 1.165) is 11.1 Å².